The first-order chi connectivity index (χ1) is 8.15. The van der Waals surface area contributed by atoms with Crippen LogP contribution in [0.15, 0.2) is 53.0 Å². The van der Waals surface area contributed by atoms with Gasteiger partial charge in [-0.15, -0.1) is 0 Å². The third kappa shape index (κ3) is 4.07. The second-order valence-electron chi connectivity index (χ2n) is 3.86. The standard InChI is InChI=1S/C14H11Br2I/c15-12-5-1-3-10(7-12)8-14(16)11-4-2-6-13(17)9-11/h1-7,9,14H,8H2. The van der Waals surface area contributed by atoms with E-state index in [4.69, 9.17) is 0 Å². The van der Waals surface area contributed by atoms with Crippen LogP contribution in [0.1, 0.15) is 16.0 Å². The topological polar surface area (TPSA) is 0 Å². The van der Waals surface area contributed by atoms with Crippen molar-refractivity contribution in [2.24, 2.45) is 0 Å². The average Bonchev–Trinajstić information content (AvgIpc) is 2.29. The first kappa shape index (κ1) is 13.6. The first-order valence-electron chi connectivity index (χ1n) is 5.29. The van der Waals surface area contributed by atoms with E-state index < -0.39 is 0 Å². The summed E-state index contributed by atoms with van der Waals surface area (Å²) in [5.74, 6) is 0. The Kier molecular flexibility index (Phi) is 5.06. The highest BCUT2D eigenvalue weighted by molar-refractivity contribution is 14.1. The van der Waals surface area contributed by atoms with Crippen molar-refractivity contribution in [2.75, 3.05) is 0 Å². The summed E-state index contributed by atoms with van der Waals surface area (Å²) in [5.41, 5.74) is 2.66. The van der Waals surface area contributed by atoms with Crippen LogP contribution in [0.5, 0.6) is 0 Å². The summed E-state index contributed by atoms with van der Waals surface area (Å²) in [7, 11) is 0. The van der Waals surface area contributed by atoms with E-state index >= 15 is 0 Å². The molecule has 0 fully saturated rings. The molecule has 17 heavy (non-hydrogen) atoms. The van der Waals surface area contributed by atoms with Crippen LogP contribution in [0.2, 0.25) is 0 Å². The largest absolute Gasteiger partial charge is 0.0835 e. The number of halogens is 3. The highest BCUT2D eigenvalue weighted by atomic mass is 127. The van der Waals surface area contributed by atoms with E-state index in [-0.39, 0.29) is 0 Å². The molecule has 88 valence electrons. The molecule has 3 heteroatoms. The van der Waals surface area contributed by atoms with Crippen molar-refractivity contribution in [1.82, 2.24) is 0 Å². The number of hydrogen-bond donors (Lipinski definition) is 0. The van der Waals surface area contributed by atoms with Gasteiger partial charge in [0.2, 0.25) is 0 Å². The van der Waals surface area contributed by atoms with Crippen molar-refractivity contribution in [3.8, 4) is 0 Å². The smallest absolute Gasteiger partial charge is 0.0436 e. The van der Waals surface area contributed by atoms with Gasteiger partial charge in [0.15, 0.2) is 0 Å². The molecule has 0 aromatic heterocycles. The summed E-state index contributed by atoms with van der Waals surface area (Å²) in [6, 6.07) is 17.1. The highest BCUT2D eigenvalue weighted by Gasteiger charge is 2.08. The molecule has 2 aromatic carbocycles. The third-order valence-electron chi connectivity index (χ3n) is 2.51. The lowest BCUT2D eigenvalue weighted by molar-refractivity contribution is 0.947. The van der Waals surface area contributed by atoms with E-state index in [0.29, 0.717) is 4.83 Å². The molecule has 0 nitrogen and oxygen atoms in total. The molecule has 1 unspecified atom stereocenters. The molecule has 0 radical (unpaired) electrons. The lowest BCUT2D eigenvalue weighted by Gasteiger charge is -2.11. The van der Waals surface area contributed by atoms with Crippen molar-refractivity contribution in [1.29, 1.82) is 0 Å². The van der Waals surface area contributed by atoms with Crippen molar-refractivity contribution in [2.45, 2.75) is 11.2 Å². The Morgan fingerprint density at radius 1 is 1.06 bits per heavy atom. The van der Waals surface area contributed by atoms with E-state index in [9.17, 15) is 0 Å². The predicted octanol–water partition coefficient (Wildman–Crippen LogP) is 5.73. The van der Waals surface area contributed by atoms with E-state index in [1.54, 1.807) is 0 Å². The minimum Gasteiger partial charge on any atom is -0.0835 e. The van der Waals surface area contributed by atoms with Crippen LogP contribution in [0.25, 0.3) is 0 Å². The van der Waals surface area contributed by atoms with Gasteiger partial charge in [-0.3, -0.25) is 0 Å². The van der Waals surface area contributed by atoms with Crippen molar-refractivity contribution >= 4 is 54.5 Å². The van der Waals surface area contributed by atoms with Crippen LogP contribution < -0.4 is 0 Å². The Morgan fingerprint density at radius 3 is 2.53 bits per heavy atom. The normalized spacial score (nSPS) is 12.4. The molecule has 2 rings (SSSR count). The Balaban J connectivity index is 2.14. The van der Waals surface area contributed by atoms with Crippen LogP contribution in [0, 0.1) is 3.57 Å². The highest BCUT2D eigenvalue weighted by Crippen LogP contribution is 2.28. The maximum absolute atomic E-state index is 3.76. The zero-order chi connectivity index (χ0) is 12.3. The summed E-state index contributed by atoms with van der Waals surface area (Å²) in [6.07, 6.45) is 1.000. The van der Waals surface area contributed by atoms with Crippen LogP contribution in [-0.4, -0.2) is 0 Å². The van der Waals surface area contributed by atoms with Gasteiger partial charge >= 0.3 is 0 Å². The fourth-order valence-electron chi connectivity index (χ4n) is 1.69. The summed E-state index contributed by atoms with van der Waals surface area (Å²) in [5, 5.41) is 0. The lowest BCUT2D eigenvalue weighted by Crippen LogP contribution is -1.95. The van der Waals surface area contributed by atoms with Crippen molar-refractivity contribution < 1.29 is 0 Å². The number of benzene rings is 2. The fourth-order valence-corrected chi connectivity index (χ4v) is 3.36. The molecular weight excluding hydrogens is 455 g/mol. The Bertz CT molecular complexity index is 511. The van der Waals surface area contributed by atoms with Gasteiger partial charge < -0.3 is 0 Å². The summed E-state index contributed by atoms with van der Waals surface area (Å²) >= 11 is 9.61. The minimum atomic E-state index is 0.367. The van der Waals surface area contributed by atoms with Gasteiger partial charge in [-0.25, -0.2) is 0 Å². The molecule has 0 aliphatic carbocycles. The van der Waals surface area contributed by atoms with Crippen molar-refractivity contribution in [3.05, 3.63) is 67.7 Å². The molecule has 2 aromatic rings. The van der Waals surface area contributed by atoms with E-state index in [0.717, 1.165) is 10.9 Å². The average molecular weight is 466 g/mol. The number of alkyl halides is 1. The maximum Gasteiger partial charge on any atom is 0.0436 e. The third-order valence-corrected chi connectivity index (χ3v) is 4.53. The molecule has 0 aliphatic rings. The second-order valence-corrected chi connectivity index (χ2v) is 7.12. The van der Waals surface area contributed by atoms with Crippen molar-refractivity contribution in [3.63, 3.8) is 0 Å². The first-order valence-corrected chi connectivity index (χ1v) is 8.08. The Hall–Kier alpha value is 0.130. The molecular formula is C14H11Br2I. The quantitative estimate of drug-likeness (QED) is 0.401. The van der Waals surface area contributed by atoms with E-state index in [1.807, 2.05) is 0 Å². The monoisotopic (exact) mass is 464 g/mol. The Labute approximate surface area is 132 Å². The zero-order valence-electron chi connectivity index (χ0n) is 9.04. The van der Waals surface area contributed by atoms with E-state index in [1.165, 1.54) is 14.7 Å². The van der Waals surface area contributed by atoms with Crippen LogP contribution >= 0.6 is 54.5 Å². The SMILES string of the molecule is Brc1cccc(CC(Br)c2cccc(I)c2)c1. The van der Waals surface area contributed by atoms with Crippen LogP contribution in [0.4, 0.5) is 0 Å². The van der Waals surface area contributed by atoms with Crippen LogP contribution in [0.3, 0.4) is 0 Å². The maximum atomic E-state index is 3.76. The van der Waals surface area contributed by atoms with Gasteiger partial charge in [0.25, 0.3) is 0 Å². The lowest BCUT2D eigenvalue weighted by atomic mass is 10.0. The molecule has 0 saturated carbocycles. The molecule has 0 spiro atoms. The summed E-state index contributed by atoms with van der Waals surface area (Å²) in [6.45, 7) is 0. The minimum absolute atomic E-state index is 0.367. The molecule has 0 heterocycles. The molecule has 1 atom stereocenters. The van der Waals surface area contributed by atoms with E-state index in [2.05, 4.69) is 103 Å². The number of hydrogen-bond acceptors (Lipinski definition) is 0. The molecule has 0 N–H and O–H groups in total. The van der Waals surface area contributed by atoms with Gasteiger partial charge in [-0.05, 0) is 64.4 Å². The molecule has 0 aliphatic heterocycles. The molecule has 0 saturated heterocycles. The number of rotatable bonds is 3. The summed E-state index contributed by atoms with van der Waals surface area (Å²) in [4.78, 5) is 0.367. The van der Waals surface area contributed by atoms with Gasteiger partial charge in [0.1, 0.15) is 0 Å². The van der Waals surface area contributed by atoms with Gasteiger partial charge in [0, 0.05) is 12.9 Å². The van der Waals surface area contributed by atoms with Gasteiger partial charge in [0.05, 0.1) is 0 Å². The second kappa shape index (κ2) is 6.34. The molecule has 0 amide bonds. The fraction of sp³-hybridized carbons (Fsp3) is 0.143. The van der Waals surface area contributed by atoms with Crippen LogP contribution in [-0.2, 0) is 6.42 Å². The van der Waals surface area contributed by atoms with Gasteiger partial charge in [-0.1, -0.05) is 56.1 Å². The van der Waals surface area contributed by atoms with Gasteiger partial charge in [-0.2, -0.15) is 0 Å². The zero-order valence-corrected chi connectivity index (χ0v) is 14.4. The molecule has 0 bridgehead atoms. The predicted molar refractivity (Wildman–Crippen MR) is 88.7 cm³/mol. The Morgan fingerprint density at radius 2 is 1.82 bits per heavy atom. The summed E-state index contributed by atoms with van der Waals surface area (Å²) < 4.78 is 2.41.